The number of hydrogen-bond donors (Lipinski definition) is 0. The summed E-state index contributed by atoms with van der Waals surface area (Å²) in [5.74, 6) is 0.697. The summed E-state index contributed by atoms with van der Waals surface area (Å²) in [5, 5.41) is 2.15. The number of benzene rings is 6. The van der Waals surface area contributed by atoms with E-state index in [0.29, 0.717) is 5.82 Å². The molecule has 0 N–H and O–H groups in total. The van der Waals surface area contributed by atoms with Crippen molar-refractivity contribution in [1.29, 1.82) is 0 Å². The molecule has 8 aromatic rings. The SMILES string of the molecule is CC1(c2ccccc2)c2ccccc2-c2ccc(-c3cc(-c4cccc5oc6ccccc6c45)nc(-c4ccccc4)n3)cc21. The van der Waals surface area contributed by atoms with Crippen LogP contribution in [0.1, 0.15) is 23.6 Å². The van der Waals surface area contributed by atoms with Crippen LogP contribution in [-0.4, -0.2) is 9.97 Å². The predicted octanol–water partition coefficient (Wildman–Crippen LogP) is 10.7. The van der Waals surface area contributed by atoms with Crippen LogP contribution in [0.2, 0.25) is 0 Å². The van der Waals surface area contributed by atoms with Gasteiger partial charge in [0.25, 0.3) is 0 Å². The van der Waals surface area contributed by atoms with Gasteiger partial charge in [0.15, 0.2) is 5.82 Å². The fourth-order valence-electron chi connectivity index (χ4n) is 7.17. The Kier molecular flexibility index (Phi) is 5.63. The molecule has 212 valence electrons. The molecular formula is C42H28N2O. The van der Waals surface area contributed by atoms with Crippen LogP contribution < -0.4 is 0 Å². The standard InChI is InChI=1S/C42H28N2O/c1-42(29-15-6-3-7-16-29)34-20-10-8-17-30(34)31-24-23-28(25-35(31)42)36-26-37(44-41(43-36)27-13-4-2-5-14-27)32-19-12-22-39-40(32)33-18-9-11-21-38(33)45-39/h2-26H,1H3. The van der Waals surface area contributed by atoms with E-state index in [0.717, 1.165) is 50.0 Å². The fraction of sp³-hybridized carbons (Fsp3) is 0.0476. The zero-order chi connectivity index (χ0) is 30.0. The molecule has 3 nitrogen and oxygen atoms in total. The van der Waals surface area contributed by atoms with Crippen LogP contribution >= 0.6 is 0 Å². The summed E-state index contributed by atoms with van der Waals surface area (Å²) in [5.41, 5.74) is 12.7. The first-order chi connectivity index (χ1) is 22.2. The molecule has 6 aromatic carbocycles. The van der Waals surface area contributed by atoms with E-state index < -0.39 is 0 Å². The van der Waals surface area contributed by atoms with Crippen molar-refractivity contribution in [2.75, 3.05) is 0 Å². The second-order valence-corrected chi connectivity index (χ2v) is 11.9. The summed E-state index contributed by atoms with van der Waals surface area (Å²) in [4.78, 5) is 10.4. The summed E-state index contributed by atoms with van der Waals surface area (Å²) < 4.78 is 6.25. The summed E-state index contributed by atoms with van der Waals surface area (Å²) in [6.07, 6.45) is 0. The maximum Gasteiger partial charge on any atom is 0.160 e. The molecule has 0 saturated carbocycles. The first kappa shape index (κ1) is 25.7. The van der Waals surface area contributed by atoms with Crippen molar-refractivity contribution in [3.63, 3.8) is 0 Å². The molecular weight excluding hydrogens is 548 g/mol. The molecule has 0 radical (unpaired) electrons. The van der Waals surface area contributed by atoms with Gasteiger partial charge in [-0.3, -0.25) is 0 Å². The number of para-hydroxylation sites is 1. The highest BCUT2D eigenvalue weighted by Gasteiger charge is 2.40. The highest BCUT2D eigenvalue weighted by molar-refractivity contribution is 6.12. The van der Waals surface area contributed by atoms with Gasteiger partial charge in [-0.2, -0.15) is 0 Å². The first-order valence-electron chi connectivity index (χ1n) is 15.3. The molecule has 0 amide bonds. The molecule has 0 aliphatic heterocycles. The summed E-state index contributed by atoms with van der Waals surface area (Å²) in [6.45, 7) is 2.35. The largest absolute Gasteiger partial charge is 0.456 e. The third-order valence-corrected chi connectivity index (χ3v) is 9.40. The maximum atomic E-state index is 6.25. The average Bonchev–Trinajstić information content (AvgIpc) is 3.62. The molecule has 1 aliphatic rings. The van der Waals surface area contributed by atoms with Gasteiger partial charge in [-0.1, -0.05) is 127 Å². The number of fused-ring (bicyclic) bond motifs is 6. The first-order valence-corrected chi connectivity index (χ1v) is 15.3. The molecule has 2 aromatic heterocycles. The number of rotatable bonds is 4. The van der Waals surface area contributed by atoms with Crippen molar-refractivity contribution in [3.05, 3.63) is 168 Å². The Morgan fingerprint density at radius 3 is 2.02 bits per heavy atom. The van der Waals surface area contributed by atoms with Crippen molar-refractivity contribution in [2.45, 2.75) is 12.3 Å². The van der Waals surface area contributed by atoms with Crippen molar-refractivity contribution < 1.29 is 4.42 Å². The fourth-order valence-corrected chi connectivity index (χ4v) is 7.17. The Balaban J connectivity index is 1.29. The monoisotopic (exact) mass is 576 g/mol. The van der Waals surface area contributed by atoms with Crippen LogP contribution in [0.4, 0.5) is 0 Å². The van der Waals surface area contributed by atoms with Gasteiger partial charge in [-0.25, -0.2) is 9.97 Å². The lowest BCUT2D eigenvalue weighted by molar-refractivity contribution is 0.669. The second-order valence-electron chi connectivity index (χ2n) is 11.9. The number of nitrogens with zero attached hydrogens (tertiary/aromatic N) is 2. The Morgan fingerprint density at radius 1 is 0.489 bits per heavy atom. The van der Waals surface area contributed by atoms with Gasteiger partial charge in [0.1, 0.15) is 11.2 Å². The minimum absolute atomic E-state index is 0.289. The Morgan fingerprint density at radius 2 is 1.16 bits per heavy atom. The van der Waals surface area contributed by atoms with Crippen LogP contribution in [0.25, 0.3) is 67.0 Å². The van der Waals surface area contributed by atoms with Gasteiger partial charge in [0, 0.05) is 32.9 Å². The van der Waals surface area contributed by atoms with Crippen LogP contribution in [0.15, 0.2) is 156 Å². The third-order valence-electron chi connectivity index (χ3n) is 9.40. The van der Waals surface area contributed by atoms with Gasteiger partial charge in [-0.15, -0.1) is 0 Å². The van der Waals surface area contributed by atoms with Crippen molar-refractivity contribution in [3.8, 4) is 45.0 Å². The van der Waals surface area contributed by atoms with Crippen molar-refractivity contribution in [2.24, 2.45) is 0 Å². The molecule has 3 heteroatoms. The molecule has 0 bridgehead atoms. The number of hydrogen-bond acceptors (Lipinski definition) is 3. The van der Waals surface area contributed by atoms with Crippen LogP contribution in [0.5, 0.6) is 0 Å². The normalized spacial score (nSPS) is 15.3. The van der Waals surface area contributed by atoms with Gasteiger partial charge in [-0.05, 0) is 59.0 Å². The van der Waals surface area contributed by atoms with E-state index >= 15 is 0 Å². The number of aromatic nitrogens is 2. The quantitative estimate of drug-likeness (QED) is 0.209. The minimum atomic E-state index is -0.289. The highest BCUT2D eigenvalue weighted by Crippen LogP contribution is 2.53. The Labute approximate surface area is 261 Å². The van der Waals surface area contributed by atoms with Crippen LogP contribution in [0, 0.1) is 0 Å². The lowest BCUT2D eigenvalue weighted by Crippen LogP contribution is -2.22. The van der Waals surface area contributed by atoms with E-state index in [-0.39, 0.29) is 5.41 Å². The second kappa shape index (κ2) is 9.87. The third kappa shape index (κ3) is 3.91. The van der Waals surface area contributed by atoms with E-state index in [9.17, 15) is 0 Å². The van der Waals surface area contributed by atoms with Crippen molar-refractivity contribution >= 4 is 21.9 Å². The molecule has 0 saturated heterocycles. The van der Waals surface area contributed by atoms with Gasteiger partial charge in [0.2, 0.25) is 0 Å². The Hall–Kier alpha value is -5.80. The summed E-state index contributed by atoms with van der Waals surface area (Å²) >= 11 is 0. The molecule has 0 fully saturated rings. The summed E-state index contributed by atoms with van der Waals surface area (Å²) in [7, 11) is 0. The van der Waals surface area contributed by atoms with E-state index in [1.54, 1.807) is 0 Å². The van der Waals surface area contributed by atoms with E-state index in [1.807, 2.05) is 42.5 Å². The molecule has 9 rings (SSSR count). The lowest BCUT2D eigenvalue weighted by atomic mass is 9.74. The predicted molar refractivity (Wildman–Crippen MR) is 183 cm³/mol. The van der Waals surface area contributed by atoms with E-state index in [4.69, 9.17) is 14.4 Å². The minimum Gasteiger partial charge on any atom is -0.456 e. The lowest BCUT2D eigenvalue weighted by Gasteiger charge is -2.28. The van der Waals surface area contributed by atoms with Gasteiger partial charge >= 0.3 is 0 Å². The smallest absolute Gasteiger partial charge is 0.160 e. The molecule has 1 aliphatic carbocycles. The zero-order valence-corrected chi connectivity index (χ0v) is 24.7. The molecule has 1 atom stereocenters. The van der Waals surface area contributed by atoms with Gasteiger partial charge in [0.05, 0.1) is 11.4 Å². The molecule has 0 spiro atoms. The van der Waals surface area contributed by atoms with E-state index in [2.05, 4.69) is 116 Å². The van der Waals surface area contributed by atoms with Gasteiger partial charge < -0.3 is 4.42 Å². The topological polar surface area (TPSA) is 38.9 Å². The van der Waals surface area contributed by atoms with Crippen LogP contribution in [0.3, 0.4) is 0 Å². The molecule has 45 heavy (non-hydrogen) atoms. The van der Waals surface area contributed by atoms with Crippen LogP contribution in [-0.2, 0) is 5.41 Å². The zero-order valence-electron chi connectivity index (χ0n) is 24.7. The van der Waals surface area contributed by atoms with Crippen molar-refractivity contribution in [1.82, 2.24) is 9.97 Å². The molecule has 2 heterocycles. The van der Waals surface area contributed by atoms with E-state index in [1.165, 1.54) is 27.8 Å². The summed E-state index contributed by atoms with van der Waals surface area (Å²) in [6, 6.07) is 53.2. The Bertz CT molecular complexity index is 2390. The maximum absolute atomic E-state index is 6.25. The average molecular weight is 577 g/mol. The molecule has 1 unspecified atom stereocenters. The number of furan rings is 1. The highest BCUT2D eigenvalue weighted by atomic mass is 16.3.